The summed E-state index contributed by atoms with van der Waals surface area (Å²) in [5, 5.41) is 15.1. The van der Waals surface area contributed by atoms with Crippen molar-refractivity contribution >= 4 is 72.6 Å². The molecule has 10 atom stereocenters. The number of benzene rings is 5. The van der Waals surface area contributed by atoms with E-state index in [4.69, 9.17) is 53.6 Å². The second-order valence-electron chi connectivity index (χ2n) is 19.5. The van der Waals surface area contributed by atoms with Gasteiger partial charge in [-0.05, 0) is 77.0 Å². The number of carbonyl (C=O) groups excluding carboxylic acids is 2. The van der Waals surface area contributed by atoms with E-state index in [9.17, 15) is 24.3 Å². The molecular weight excluding hydrogens is 1190 g/mol. The van der Waals surface area contributed by atoms with Crippen LogP contribution in [0.3, 0.4) is 0 Å². The molecule has 4 aromatic heterocycles. The number of methoxy groups -OCH3 is 2. The molecule has 11 rings (SSSR count). The Balaban J connectivity index is 0.934. The van der Waals surface area contributed by atoms with E-state index in [1.54, 1.807) is 99.1 Å². The Kier molecular flexibility index (Phi) is 18.5. The van der Waals surface area contributed by atoms with Crippen LogP contribution in [-0.4, -0.2) is 127 Å². The Hall–Kier alpha value is -8.35. The number of fused-ring (bicyclic) bond motifs is 2. The van der Waals surface area contributed by atoms with Crippen molar-refractivity contribution in [1.82, 2.24) is 39.0 Å². The first-order valence-corrected chi connectivity index (χ1v) is 30.6. The molecule has 0 saturated carbocycles. The lowest BCUT2D eigenvalue weighted by atomic mass is 9.80. The van der Waals surface area contributed by atoms with Gasteiger partial charge in [-0.15, -0.1) is 0 Å². The quantitative estimate of drug-likeness (QED) is 0.0289. The number of amides is 2. The van der Waals surface area contributed by atoms with Gasteiger partial charge in [0, 0.05) is 11.1 Å². The van der Waals surface area contributed by atoms with Crippen molar-refractivity contribution < 1.29 is 69.6 Å². The van der Waals surface area contributed by atoms with E-state index in [-0.39, 0.29) is 40.4 Å². The third-order valence-corrected chi connectivity index (χ3v) is 17.1. The molecule has 2 fully saturated rings. The summed E-state index contributed by atoms with van der Waals surface area (Å²) < 4.78 is 105. The molecule has 5 aromatic carbocycles. The van der Waals surface area contributed by atoms with Gasteiger partial charge in [0.15, 0.2) is 58.8 Å². The van der Waals surface area contributed by atoms with Crippen LogP contribution in [0.1, 0.15) is 56.3 Å². The number of halogens is 2. The third-order valence-electron chi connectivity index (χ3n) is 14.3. The Labute approximate surface area is 500 Å². The fourth-order valence-electron chi connectivity index (χ4n) is 10.2. The number of anilines is 2. The summed E-state index contributed by atoms with van der Waals surface area (Å²) in [6.45, 7) is -6.07. The van der Waals surface area contributed by atoms with E-state index in [0.717, 1.165) is 6.33 Å². The zero-order valence-corrected chi connectivity index (χ0v) is 48.7. The molecule has 2 aliphatic heterocycles. The number of aromatic nitrogens is 8. The summed E-state index contributed by atoms with van der Waals surface area (Å²) in [5.41, 5.74) is 1.27. The number of hydrogen-bond acceptors (Lipinski definition) is 20. The van der Waals surface area contributed by atoms with Crippen LogP contribution in [0.5, 0.6) is 11.5 Å². The fourth-order valence-corrected chi connectivity index (χ4v) is 12.7. The van der Waals surface area contributed by atoms with Gasteiger partial charge in [0.2, 0.25) is 0 Å². The number of nitrogens with zero attached hydrogens (tertiary/aromatic N) is 9. The van der Waals surface area contributed by atoms with Crippen LogP contribution in [0.15, 0.2) is 165 Å². The molecule has 24 nitrogen and oxygen atoms in total. The van der Waals surface area contributed by atoms with Gasteiger partial charge in [0.1, 0.15) is 54.2 Å². The topological polar surface area (TPSA) is 290 Å². The highest BCUT2D eigenvalue weighted by molar-refractivity contribution is 8.07. The van der Waals surface area contributed by atoms with Crippen LogP contribution < -0.4 is 20.1 Å². The summed E-state index contributed by atoms with van der Waals surface area (Å²) in [4.78, 5) is 62.6. The van der Waals surface area contributed by atoms with Crippen LogP contribution >= 0.6 is 15.0 Å². The van der Waals surface area contributed by atoms with E-state index in [1.807, 2.05) is 60.7 Å². The highest BCUT2D eigenvalue weighted by atomic mass is 32.5. The first-order valence-electron chi connectivity index (χ1n) is 26.8. The molecule has 9 aromatic rings. The summed E-state index contributed by atoms with van der Waals surface area (Å²) in [7, 11) is -0.777. The zero-order chi connectivity index (χ0) is 60.7. The van der Waals surface area contributed by atoms with E-state index < -0.39 is 101 Å². The molecule has 6 heterocycles. The third kappa shape index (κ3) is 12.8. The van der Waals surface area contributed by atoms with Crippen LogP contribution in [-0.2, 0) is 54.3 Å². The van der Waals surface area contributed by atoms with Gasteiger partial charge in [0.25, 0.3) is 11.8 Å². The van der Waals surface area contributed by atoms with Gasteiger partial charge in [-0.2, -0.15) is 5.26 Å². The number of nitrogens with one attached hydrogen (secondary N) is 2. The molecule has 29 heteroatoms. The largest absolute Gasteiger partial charge is 0.497 e. The normalized spacial score (nSPS) is 21.2. The molecular formula is C58H53F2N11O13P2S. The second-order valence-corrected chi connectivity index (χ2v) is 23.2. The molecule has 448 valence electrons. The number of alkyl halides is 2. The minimum Gasteiger partial charge on any atom is -0.497 e. The minimum atomic E-state index is -4.42. The van der Waals surface area contributed by atoms with E-state index in [2.05, 4.69) is 40.5 Å². The number of ether oxygens (including phenoxy) is 5. The summed E-state index contributed by atoms with van der Waals surface area (Å²) in [5.74, 6) is 0.120. The average Bonchev–Trinajstić information content (AvgIpc) is 2.18. The maximum absolute atomic E-state index is 18.2. The predicted molar refractivity (Wildman–Crippen MR) is 313 cm³/mol. The summed E-state index contributed by atoms with van der Waals surface area (Å²) in [6, 6.07) is 42.3. The van der Waals surface area contributed by atoms with Gasteiger partial charge in [-0.3, -0.25) is 32.3 Å². The van der Waals surface area contributed by atoms with Crippen LogP contribution in [0.2, 0.25) is 0 Å². The molecule has 87 heavy (non-hydrogen) atoms. The molecule has 2 saturated heterocycles. The first-order chi connectivity index (χ1) is 42.3. The van der Waals surface area contributed by atoms with Crippen molar-refractivity contribution in [3.63, 3.8) is 0 Å². The van der Waals surface area contributed by atoms with Gasteiger partial charge < -0.3 is 48.3 Å². The van der Waals surface area contributed by atoms with Crippen molar-refractivity contribution in [2.45, 2.75) is 61.2 Å². The van der Waals surface area contributed by atoms with Crippen LogP contribution in [0.4, 0.5) is 20.4 Å². The van der Waals surface area contributed by atoms with E-state index >= 15 is 8.78 Å². The molecule has 0 bridgehead atoms. The lowest BCUT2D eigenvalue weighted by Gasteiger charge is -2.37. The summed E-state index contributed by atoms with van der Waals surface area (Å²) >= 11 is 6.04. The Morgan fingerprint density at radius 2 is 1.16 bits per heavy atom. The molecule has 3 N–H and O–H groups in total. The Bertz CT molecular complexity index is 3950. The lowest BCUT2D eigenvalue weighted by molar-refractivity contribution is -0.0932. The molecule has 2 unspecified atom stereocenters. The number of carbonyl (C=O) groups is 2. The van der Waals surface area contributed by atoms with Gasteiger partial charge >= 0.3 is 15.0 Å². The molecule has 0 aliphatic carbocycles. The van der Waals surface area contributed by atoms with Crippen LogP contribution in [0.25, 0.3) is 22.3 Å². The van der Waals surface area contributed by atoms with Gasteiger partial charge in [-0.25, -0.2) is 38.7 Å². The van der Waals surface area contributed by atoms with Crippen LogP contribution in [0, 0.1) is 11.3 Å². The van der Waals surface area contributed by atoms with Crippen molar-refractivity contribution in [2.75, 3.05) is 44.7 Å². The fraction of sp³-hybridized carbons (Fsp3) is 0.259. The average molecular weight is 1240 g/mol. The van der Waals surface area contributed by atoms with Crippen molar-refractivity contribution in [3.05, 3.63) is 193 Å². The van der Waals surface area contributed by atoms with Crippen molar-refractivity contribution in [1.29, 1.82) is 5.26 Å². The smallest absolute Gasteiger partial charge is 0.327 e. The minimum absolute atomic E-state index is 0.00496. The molecule has 0 spiro atoms. The van der Waals surface area contributed by atoms with E-state index in [0.29, 0.717) is 39.3 Å². The maximum atomic E-state index is 18.2. The molecule has 0 radical (unpaired) electrons. The Morgan fingerprint density at radius 3 is 1.67 bits per heavy atom. The van der Waals surface area contributed by atoms with Crippen molar-refractivity contribution in [2.24, 2.45) is 0 Å². The second kappa shape index (κ2) is 26.7. The Morgan fingerprint density at radius 1 is 0.667 bits per heavy atom. The number of hydrogen-bond donors (Lipinski definition) is 3. The number of rotatable bonds is 24. The number of nitriles is 1. The standard InChI is InChI=1S/C58H53F2N11O13P2S/c1-76-40-23-19-38(20-24-40)58(37-17-10-5-11-18-37,39-21-25-41(77-2)26-22-39)78-29-43-48(45(60)56(82-43)70-33-66-46-50(62-31-64-52(46)70)68-54(72)35-13-6-3-7-14-35)84-86(87,79-28-12-27-61)80-30-42-44(59)49(83-85(74)75)57(81-42)71-34-67-47-51(63-32-65-53(47)71)69-55(73)36-15-8-4-9-16-36/h3-11,13-26,31-34,42-45,48-49,56-57,85H,12,28-30H2,1-2H3,(H,74,75)(H,62,64,68,72)(H,63,65,69,73)/t42-,43-,44+,45-,48-,49-,56-,57-,86?/m1/s1. The van der Waals surface area contributed by atoms with Gasteiger partial charge in [-0.1, -0.05) is 91.0 Å². The predicted octanol–water partition coefficient (Wildman–Crippen LogP) is 8.99. The zero-order valence-electron chi connectivity index (χ0n) is 46.0. The monoisotopic (exact) mass is 1240 g/mol. The van der Waals surface area contributed by atoms with Crippen molar-refractivity contribution in [3.8, 4) is 17.6 Å². The lowest BCUT2D eigenvalue weighted by Crippen LogP contribution is -2.40. The maximum Gasteiger partial charge on any atom is 0.327 e. The molecule has 2 aliphatic rings. The van der Waals surface area contributed by atoms with E-state index in [1.165, 1.54) is 28.1 Å². The summed E-state index contributed by atoms with van der Waals surface area (Å²) in [6.07, 6.45) is -9.73. The highest BCUT2D eigenvalue weighted by Gasteiger charge is 2.53. The SMILES string of the molecule is COc1ccc(C(OC[C@H]2O[C@@H](n3cnc4c(NC(=O)c5ccccc5)ncnc43)[C@H](F)[C@@H]2OP(=S)(OCCC#N)OC[C@H]2O[C@@H](n3cnc4c(NC(=O)c5ccccc5)ncnc43)[C@H](O[PH](=O)O)[C@H]2F)(c2ccccc2)c2ccc(OC)cc2)cc1. The molecule has 2 amide bonds. The highest BCUT2D eigenvalue weighted by Crippen LogP contribution is 2.56. The van der Waals surface area contributed by atoms with Gasteiger partial charge in [0.05, 0.1) is 59.2 Å². The number of imidazole rings is 2. The first kappa shape index (κ1) is 60.3.